The minimum atomic E-state index is -4.47. The first-order valence-electron chi connectivity index (χ1n) is 16.8. The van der Waals surface area contributed by atoms with Crippen LogP contribution in [-0.2, 0) is 30.3 Å². The summed E-state index contributed by atoms with van der Waals surface area (Å²) in [5, 5.41) is 4.41. The summed E-state index contributed by atoms with van der Waals surface area (Å²) in [6, 6.07) is 9.44. The topological polar surface area (TPSA) is 50.3 Å². The van der Waals surface area contributed by atoms with E-state index in [1.807, 2.05) is 12.1 Å². The Balaban J connectivity index is 1.32. The van der Waals surface area contributed by atoms with Crippen molar-refractivity contribution in [2.24, 2.45) is 11.8 Å². The zero-order valence-electron chi connectivity index (χ0n) is 28.6. The molecule has 5 rings (SSSR count). The van der Waals surface area contributed by atoms with Crippen LogP contribution in [0.5, 0.6) is 0 Å². The molecule has 3 aromatic rings. The Morgan fingerprint density at radius 2 is 1.87 bits per heavy atom. The second-order valence-corrected chi connectivity index (χ2v) is 21.2. The van der Waals surface area contributed by atoms with Gasteiger partial charge in [-0.3, -0.25) is 9.88 Å². The number of benzene rings is 1. The molecule has 2 fully saturated rings. The third-order valence-corrected chi connectivity index (χ3v) is 15.8. The van der Waals surface area contributed by atoms with Gasteiger partial charge >= 0.3 is 6.18 Å². The average molecular weight is 673 g/mol. The van der Waals surface area contributed by atoms with E-state index in [0.29, 0.717) is 30.6 Å². The minimum absolute atomic E-state index is 0.00190. The molecular formula is C36H51F3N4OSSi. The molecule has 1 N–H and O–H groups in total. The van der Waals surface area contributed by atoms with Gasteiger partial charge in [0.2, 0.25) is 0 Å². The Kier molecular flexibility index (Phi) is 10.7. The van der Waals surface area contributed by atoms with Crippen LogP contribution >= 0.6 is 11.3 Å². The number of anilines is 1. The van der Waals surface area contributed by atoms with E-state index in [1.165, 1.54) is 23.8 Å². The van der Waals surface area contributed by atoms with Crippen molar-refractivity contribution in [3.05, 3.63) is 74.5 Å². The van der Waals surface area contributed by atoms with Gasteiger partial charge in [0.1, 0.15) is 5.01 Å². The van der Waals surface area contributed by atoms with Crippen LogP contribution in [-0.4, -0.2) is 36.3 Å². The van der Waals surface area contributed by atoms with Crippen molar-refractivity contribution in [2.75, 3.05) is 18.4 Å². The number of nitrogens with one attached hydrogen (secondary N) is 1. The van der Waals surface area contributed by atoms with Crippen molar-refractivity contribution in [1.29, 1.82) is 0 Å². The molecule has 1 aromatic carbocycles. The molecule has 5 nitrogen and oxygen atoms in total. The number of hydrogen-bond acceptors (Lipinski definition) is 6. The summed E-state index contributed by atoms with van der Waals surface area (Å²) in [6.07, 6.45) is 2.91. The molecule has 2 aromatic heterocycles. The van der Waals surface area contributed by atoms with Crippen molar-refractivity contribution in [3.8, 4) is 0 Å². The van der Waals surface area contributed by atoms with E-state index in [0.717, 1.165) is 54.3 Å². The van der Waals surface area contributed by atoms with E-state index in [2.05, 4.69) is 75.0 Å². The van der Waals surface area contributed by atoms with Crippen LogP contribution < -0.4 is 5.32 Å². The molecule has 0 spiro atoms. The molecule has 1 aliphatic carbocycles. The fraction of sp³-hybridized carbons (Fsp3) is 0.611. The molecule has 10 heteroatoms. The molecule has 252 valence electrons. The van der Waals surface area contributed by atoms with Gasteiger partial charge in [0, 0.05) is 35.8 Å². The maximum absolute atomic E-state index is 14.2. The predicted molar refractivity (Wildman–Crippen MR) is 185 cm³/mol. The Morgan fingerprint density at radius 1 is 1.11 bits per heavy atom. The quantitative estimate of drug-likeness (QED) is 0.206. The van der Waals surface area contributed by atoms with Gasteiger partial charge in [0.05, 0.1) is 30.1 Å². The number of likely N-dealkylation sites (tertiary alicyclic amines) is 1. The zero-order valence-corrected chi connectivity index (χ0v) is 30.4. The molecule has 2 atom stereocenters. The molecule has 1 unspecified atom stereocenters. The van der Waals surface area contributed by atoms with Gasteiger partial charge in [-0.2, -0.15) is 13.2 Å². The molecule has 3 heterocycles. The highest BCUT2D eigenvalue weighted by molar-refractivity contribution is 7.11. The minimum Gasteiger partial charge on any atom is -0.410 e. The van der Waals surface area contributed by atoms with Gasteiger partial charge in [-0.25, -0.2) is 4.98 Å². The van der Waals surface area contributed by atoms with Gasteiger partial charge in [-0.1, -0.05) is 46.2 Å². The molecule has 0 bridgehead atoms. The Morgan fingerprint density at radius 3 is 2.52 bits per heavy atom. The molecular weight excluding hydrogens is 622 g/mol. The Labute approximate surface area is 278 Å². The lowest BCUT2D eigenvalue weighted by Crippen LogP contribution is -2.40. The first-order chi connectivity index (χ1) is 21.6. The summed E-state index contributed by atoms with van der Waals surface area (Å²) in [4.78, 5) is 12.9. The van der Waals surface area contributed by atoms with E-state index in [1.54, 1.807) is 17.5 Å². The maximum Gasteiger partial charge on any atom is 0.418 e. The van der Waals surface area contributed by atoms with Crippen molar-refractivity contribution in [2.45, 2.75) is 117 Å². The lowest BCUT2D eigenvalue weighted by atomic mass is 9.71. The van der Waals surface area contributed by atoms with Crippen molar-refractivity contribution >= 4 is 25.3 Å². The molecule has 1 saturated heterocycles. The monoisotopic (exact) mass is 672 g/mol. The average Bonchev–Trinajstić information content (AvgIpc) is 3.32. The highest BCUT2D eigenvalue weighted by Gasteiger charge is 2.38. The number of aryl methyl sites for hydroxylation is 1. The smallest absolute Gasteiger partial charge is 0.410 e. The van der Waals surface area contributed by atoms with E-state index in [-0.39, 0.29) is 23.2 Å². The first kappa shape index (κ1) is 35.0. The third kappa shape index (κ3) is 8.41. The SMILES string of the molecule is Cc1sc(CO[Si](C)(C)C(C)(C)C)nc1C(c1cccc(NCc2ncc(CN3CCC[C@H](C)C3)cc2C(F)(F)F)c1)C1CCC1. The summed E-state index contributed by atoms with van der Waals surface area (Å²) >= 11 is 1.72. The van der Waals surface area contributed by atoms with Gasteiger partial charge in [0.25, 0.3) is 0 Å². The van der Waals surface area contributed by atoms with Gasteiger partial charge in [-0.05, 0) is 98.4 Å². The molecule has 1 aliphatic heterocycles. The number of nitrogens with zero attached hydrogens (tertiary/aromatic N) is 3. The summed E-state index contributed by atoms with van der Waals surface area (Å²) in [6.45, 7) is 18.5. The van der Waals surface area contributed by atoms with E-state index < -0.39 is 20.1 Å². The van der Waals surface area contributed by atoms with Crippen molar-refractivity contribution in [1.82, 2.24) is 14.9 Å². The summed E-state index contributed by atoms with van der Waals surface area (Å²) < 4.78 is 49.1. The Bertz CT molecular complexity index is 1480. The van der Waals surface area contributed by atoms with Crippen LogP contribution in [0.2, 0.25) is 18.1 Å². The van der Waals surface area contributed by atoms with Gasteiger partial charge in [-0.15, -0.1) is 11.3 Å². The second kappa shape index (κ2) is 14.1. The number of alkyl halides is 3. The van der Waals surface area contributed by atoms with E-state index in [4.69, 9.17) is 9.41 Å². The molecule has 0 amide bonds. The largest absolute Gasteiger partial charge is 0.418 e. The van der Waals surface area contributed by atoms with Crippen LogP contribution in [0.25, 0.3) is 0 Å². The number of hydrogen-bond donors (Lipinski definition) is 1. The molecule has 1 saturated carbocycles. The number of halogens is 3. The van der Waals surface area contributed by atoms with Crippen LogP contribution in [0.15, 0.2) is 36.5 Å². The molecule has 0 radical (unpaired) electrons. The van der Waals surface area contributed by atoms with Gasteiger partial charge in [0.15, 0.2) is 8.32 Å². The summed E-state index contributed by atoms with van der Waals surface area (Å²) in [5.74, 6) is 1.21. The highest BCUT2D eigenvalue weighted by atomic mass is 32.1. The zero-order chi connectivity index (χ0) is 33.3. The lowest BCUT2D eigenvalue weighted by Gasteiger charge is -2.35. The fourth-order valence-electron chi connectivity index (χ4n) is 6.43. The molecule has 2 aliphatic rings. The standard InChI is InChI=1S/C36H51F3N4OSSi/c1-24-11-10-16-43(21-24)22-26-17-30(36(37,38)39)31(41-19-26)20-40-29-15-9-14-28(18-29)33(27-12-8-13-27)34-25(2)45-32(42-34)23-44-46(6,7)35(3,4)5/h9,14-15,17-19,24,27,33,40H,8,10-13,16,20-23H2,1-7H3/t24-,33?/m0/s1. The van der Waals surface area contributed by atoms with E-state index in [9.17, 15) is 13.2 Å². The maximum atomic E-state index is 14.2. The fourth-order valence-corrected chi connectivity index (χ4v) is 8.35. The highest BCUT2D eigenvalue weighted by Crippen LogP contribution is 2.46. The normalized spacial score (nSPS) is 19.2. The van der Waals surface area contributed by atoms with Crippen LogP contribution in [0.3, 0.4) is 0 Å². The Hall–Kier alpha value is -2.27. The van der Waals surface area contributed by atoms with Crippen molar-refractivity contribution < 1.29 is 17.6 Å². The molecule has 46 heavy (non-hydrogen) atoms. The number of rotatable bonds is 11. The lowest BCUT2D eigenvalue weighted by molar-refractivity contribution is -0.138. The predicted octanol–water partition coefficient (Wildman–Crippen LogP) is 10.2. The van der Waals surface area contributed by atoms with Crippen LogP contribution in [0.4, 0.5) is 18.9 Å². The van der Waals surface area contributed by atoms with E-state index >= 15 is 0 Å². The second-order valence-electron chi connectivity index (χ2n) is 15.1. The summed E-state index contributed by atoms with van der Waals surface area (Å²) in [7, 11) is -1.90. The summed E-state index contributed by atoms with van der Waals surface area (Å²) in [5.41, 5.74) is 3.03. The first-order valence-corrected chi connectivity index (χ1v) is 20.5. The number of pyridine rings is 1. The van der Waals surface area contributed by atoms with Crippen LogP contribution in [0.1, 0.15) is 104 Å². The third-order valence-electron chi connectivity index (χ3n) is 10.3. The van der Waals surface area contributed by atoms with Crippen LogP contribution in [0, 0.1) is 18.8 Å². The number of piperidine rings is 1. The van der Waals surface area contributed by atoms with Crippen molar-refractivity contribution in [3.63, 3.8) is 0 Å². The number of aromatic nitrogens is 2. The van der Waals surface area contributed by atoms with Gasteiger partial charge < -0.3 is 9.74 Å². The number of thiazole rings is 1.